The molecule has 1 N–H and O–H groups in total. The molecule has 0 saturated carbocycles. The quantitative estimate of drug-likeness (QED) is 0.609. The summed E-state index contributed by atoms with van der Waals surface area (Å²) in [4.78, 5) is 10.0. The maximum Gasteiger partial charge on any atom is 0.460 e. The van der Waals surface area contributed by atoms with Crippen LogP contribution < -0.4 is 0 Å². The van der Waals surface area contributed by atoms with Crippen molar-refractivity contribution in [2.45, 2.75) is 18.0 Å². The molecule has 0 radical (unpaired) electrons. The lowest BCUT2D eigenvalue weighted by atomic mass is 10.2. The van der Waals surface area contributed by atoms with E-state index in [2.05, 4.69) is 0 Å². The predicted octanol–water partition coefficient (Wildman–Crippen LogP) is 1.23. The van der Waals surface area contributed by atoms with E-state index in [0.29, 0.717) is 0 Å². The van der Waals surface area contributed by atoms with Crippen molar-refractivity contribution < 1.29 is 48.5 Å². The van der Waals surface area contributed by atoms with Gasteiger partial charge in [0.05, 0.1) is 0 Å². The summed E-state index contributed by atoms with van der Waals surface area (Å²) >= 11 is 0. The SMILES string of the molecule is O=C(C(F)(F)C(F)(F)C(F)(F)F)S(=O)(=O)O. The van der Waals surface area contributed by atoms with Crippen molar-refractivity contribution in [3.05, 3.63) is 0 Å². The first-order valence-corrected chi connectivity index (χ1v) is 4.44. The Morgan fingerprint density at radius 2 is 1.25 bits per heavy atom. The normalized spacial score (nSPS) is 15.0. The summed E-state index contributed by atoms with van der Waals surface area (Å²) in [6, 6.07) is 0. The summed E-state index contributed by atoms with van der Waals surface area (Å²) in [6.07, 6.45) is -6.85. The van der Waals surface area contributed by atoms with E-state index in [0.717, 1.165) is 0 Å². The van der Waals surface area contributed by atoms with E-state index in [-0.39, 0.29) is 0 Å². The smallest absolute Gasteiger partial charge is 0.279 e. The summed E-state index contributed by atoms with van der Waals surface area (Å²) in [5.74, 6) is -13.5. The van der Waals surface area contributed by atoms with Crippen LogP contribution in [0.1, 0.15) is 0 Å². The van der Waals surface area contributed by atoms with Gasteiger partial charge in [0.1, 0.15) is 0 Å². The van der Waals surface area contributed by atoms with Crippen molar-refractivity contribution in [1.29, 1.82) is 0 Å². The molecule has 0 aliphatic carbocycles. The highest BCUT2D eigenvalue weighted by atomic mass is 32.2. The zero-order valence-electron chi connectivity index (χ0n) is 6.73. The maximum absolute atomic E-state index is 12.2. The molecule has 12 heteroatoms. The number of carbonyl (C=O) groups excluding carboxylic acids is 1. The lowest BCUT2D eigenvalue weighted by Gasteiger charge is -2.25. The van der Waals surface area contributed by atoms with E-state index in [1.165, 1.54) is 0 Å². The van der Waals surface area contributed by atoms with Gasteiger partial charge in [-0.3, -0.25) is 9.35 Å². The molecule has 0 aliphatic heterocycles. The fourth-order valence-corrected chi connectivity index (χ4v) is 0.920. The van der Waals surface area contributed by atoms with Crippen molar-refractivity contribution >= 4 is 15.2 Å². The number of rotatable bonds is 2. The molecule has 0 heterocycles. The van der Waals surface area contributed by atoms with Crippen LogP contribution in [0.2, 0.25) is 0 Å². The number of halogens is 7. The van der Waals surface area contributed by atoms with Crippen LogP contribution in [0, 0.1) is 0 Å². The number of carbonyl (C=O) groups is 1. The van der Waals surface area contributed by atoms with Gasteiger partial charge in [0.15, 0.2) is 0 Å². The van der Waals surface area contributed by atoms with E-state index < -0.39 is 33.3 Å². The van der Waals surface area contributed by atoms with Crippen LogP contribution >= 0.6 is 0 Å². The Morgan fingerprint density at radius 3 is 1.44 bits per heavy atom. The molecule has 0 spiro atoms. The monoisotopic (exact) mass is 278 g/mol. The molecule has 0 aromatic heterocycles. The van der Waals surface area contributed by atoms with Gasteiger partial charge < -0.3 is 0 Å². The summed E-state index contributed by atoms with van der Waals surface area (Å²) in [7, 11) is -6.37. The molecule has 0 aliphatic rings. The summed E-state index contributed by atoms with van der Waals surface area (Å²) in [6.45, 7) is 0. The summed E-state index contributed by atoms with van der Waals surface area (Å²) in [5.41, 5.74) is 0. The zero-order chi connectivity index (χ0) is 13.6. The first-order chi connectivity index (χ1) is 6.65. The summed E-state index contributed by atoms with van der Waals surface area (Å²) < 4.78 is 110. The van der Waals surface area contributed by atoms with E-state index in [4.69, 9.17) is 4.55 Å². The van der Waals surface area contributed by atoms with Crippen molar-refractivity contribution in [3.63, 3.8) is 0 Å². The standard InChI is InChI=1S/C4HF7O4S/c5-2(6,1(12)16(13,14)15)3(7,8)4(9,10)11/h(H,13,14,15). The van der Waals surface area contributed by atoms with Crippen molar-refractivity contribution in [3.8, 4) is 0 Å². The second kappa shape index (κ2) is 3.55. The third kappa shape index (κ3) is 2.26. The van der Waals surface area contributed by atoms with E-state index in [1.807, 2.05) is 0 Å². The fourth-order valence-electron chi connectivity index (χ4n) is 0.468. The number of alkyl halides is 7. The Kier molecular flexibility index (Phi) is 3.35. The molecule has 16 heavy (non-hydrogen) atoms. The van der Waals surface area contributed by atoms with E-state index >= 15 is 0 Å². The molecule has 0 bridgehead atoms. The minimum atomic E-state index is -6.91. The van der Waals surface area contributed by atoms with Gasteiger partial charge in [-0.1, -0.05) is 0 Å². The average Bonchev–Trinajstić information content (AvgIpc) is 1.98. The predicted molar refractivity (Wildman–Crippen MR) is 32.5 cm³/mol. The van der Waals surface area contributed by atoms with Gasteiger partial charge in [-0.05, 0) is 0 Å². The van der Waals surface area contributed by atoms with Gasteiger partial charge in [-0.2, -0.15) is 39.2 Å². The largest absolute Gasteiger partial charge is 0.460 e. The Morgan fingerprint density at radius 1 is 0.938 bits per heavy atom. The third-order valence-electron chi connectivity index (χ3n) is 1.24. The van der Waals surface area contributed by atoms with Gasteiger partial charge in [0.2, 0.25) is 0 Å². The van der Waals surface area contributed by atoms with Crippen LogP contribution in [0.15, 0.2) is 0 Å². The molecule has 0 saturated heterocycles. The van der Waals surface area contributed by atoms with Crippen LogP contribution in [0.3, 0.4) is 0 Å². The molecule has 0 amide bonds. The van der Waals surface area contributed by atoms with Gasteiger partial charge in [-0.25, -0.2) is 0 Å². The lowest BCUT2D eigenvalue weighted by Crippen LogP contribution is -2.57. The number of hydrogen-bond acceptors (Lipinski definition) is 3. The number of hydrogen-bond donors (Lipinski definition) is 1. The topological polar surface area (TPSA) is 71.4 Å². The van der Waals surface area contributed by atoms with Crippen molar-refractivity contribution in [2.75, 3.05) is 0 Å². The first-order valence-electron chi connectivity index (χ1n) is 3.00. The van der Waals surface area contributed by atoms with Crippen LogP contribution in [-0.2, 0) is 14.9 Å². The first kappa shape index (κ1) is 15.1. The van der Waals surface area contributed by atoms with Crippen LogP contribution in [0.25, 0.3) is 0 Å². The Hall–Kier alpha value is -0.910. The second-order valence-electron chi connectivity index (χ2n) is 2.41. The summed E-state index contributed by atoms with van der Waals surface area (Å²) in [5, 5.41) is -3.93. The molecule has 96 valence electrons. The highest BCUT2D eigenvalue weighted by molar-refractivity contribution is 8.01. The van der Waals surface area contributed by atoms with Crippen LogP contribution in [-0.4, -0.2) is 36.1 Å². The molecular formula is C4HF7O4S. The van der Waals surface area contributed by atoms with Crippen LogP contribution in [0.4, 0.5) is 30.7 Å². The Balaban J connectivity index is 5.64. The average molecular weight is 278 g/mol. The maximum atomic E-state index is 12.2. The molecule has 0 unspecified atom stereocenters. The molecule has 0 fully saturated rings. The van der Waals surface area contributed by atoms with Crippen molar-refractivity contribution in [2.24, 2.45) is 0 Å². The van der Waals surface area contributed by atoms with Crippen molar-refractivity contribution in [1.82, 2.24) is 0 Å². The fraction of sp³-hybridized carbons (Fsp3) is 0.750. The lowest BCUT2D eigenvalue weighted by molar-refractivity contribution is -0.341. The Bertz CT molecular complexity index is 393. The van der Waals surface area contributed by atoms with E-state index in [1.54, 1.807) is 0 Å². The molecule has 0 atom stereocenters. The van der Waals surface area contributed by atoms with Gasteiger partial charge in [-0.15, -0.1) is 0 Å². The van der Waals surface area contributed by atoms with Gasteiger partial charge >= 0.3 is 33.3 Å². The third-order valence-corrected chi connectivity index (χ3v) is 1.97. The minimum Gasteiger partial charge on any atom is -0.279 e. The zero-order valence-corrected chi connectivity index (χ0v) is 7.54. The van der Waals surface area contributed by atoms with Crippen LogP contribution in [0.5, 0.6) is 0 Å². The highest BCUT2D eigenvalue weighted by Crippen LogP contribution is 2.47. The van der Waals surface area contributed by atoms with E-state index in [9.17, 15) is 43.9 Å². The molecular weight excluding hydrogens is 277 g/mol. The highest BCUT2D eigenvalue weighted by Gasteiger charge is 2.78. The molecule has 4 nitrogen and oxygen atoms in total. The van der Waals surface area contributed by atoms with Gasteiger partial charge in [0.25, 0.3) is 0 Å². The molecule has 0 aromatic carbocycles. The second-order valence-corrected chi connectivity index (χ2v) is 3.73. The van der Waals surface area contributed by atoms with Gasteiger partial charge in [0, 0.05) is 0 Å². The minimum absolute atomic E-state index is 3.93. The molecule has 0 rings (SSSR count). The Labute approximate surface area is 82.8 Å². The molecule has 0 aromatic rings.